The number of ether oxygens (including phenoxy) is 2. The second-order valence-corrected chi connectivity index (χ2v) is 9.72. The molecule has 5 heteroatoms. The molecule has 0 radical (unpaired) electrons. The molecule has 4 fully saturated rings. The molecule has 7 atom stereocenters. The maximum atomic E-state index is 12.6. The van der Waals surface area contributed by atoms with Gasteiger partial charge >= 0.3 is 11.9 Å². The zero-order valence-electron chi connectivity index (χ0n) is 15.1. The van der Waals surface area contributed by atoms with Crippen molar-refractivity contribution in [1.29, 1.82) is 0 Å². The van der Waals surface area contributed by atoms with E-state index in [2.05, 4.69) is 13.8 Å². The molecular weight excluding hydrogens is 320 g/mol. The molecule has 5 rings (SSSR count). The van der Waals surface area contributed by atoms with Gasteiger partial charge in [0.2, 0.25) is 0 Å². The van der Waals surface area contributed by atoms with Crippen LogP contribution in [0.15, 0.2) is 11.6 Å². The molecule has 5 nitrogen and oxygen atoms in total. The monoisotopic (exact) mass is 346 g/mol. The Hall–Kier alpha value is -1.36. The van der Waals surface area contributed by atoms with Gasteiger partial charge < -0.3 is 14.6 Å². The fourth-order valence-electron chi connectivity index (χ4n) is 6.95. The van der Waals surface area contributed by atoms with Crippen molar-refractivity contribution in [3.63, 3.8) is 0 Å². The summed E-state index contributed by atoms with van der Waals surface area (Å²) in [5.41, 5.74) is -1.47. The van der Waals surface area contributed by atoms with Crippen LogP contribution in [0.25, 0.3) is 0 Å². The zero-order valence-corrected chi connectivity index (χ0v) is 15.1. The van der Waals surface area contributed by atoms with E-state index in [-0.39, 0.29) is 29.4 Å². The molecule has 0 amide bonds. The third-order valence-electron chi connectivity index (χ3n) is 8.34. The van der Waals surface area contributed by atoms with Crippen LogP contribution in [0.2, 0.25) is 0 Å². The Morgan fingerprint density at radius 1 is 1.08 bits per heavy atom. The minimum absolute atomic E-state index is 0.0172. The van der Waals surface area contributed by atoms with Gasteiger partial charge in [-0.15, -0.1) is 0 Å². The molecule has 2 saturated heterocycles. The van der Waals surface area contributed by atoms with Crippen LogP contribution < -0.4 is 0 Å². The van der Waals surface area contributed by atoms with Gasteiger partial charge in [-0.1, -0.05) is 20.3 Å². The number of rotatable bonds is 0. The standard InChI is InChI=1S/C20H26O5/c1-17-7-8-20(23)11(15(17)25-13(21)10-17)9-12-14-18(2,16(22)24-12)5-4-6-19(14,20)3/h9,12,14-15,23H,4-8,10H2,1-3H3/t12-,14+,15-,17+,18+,19+,20-/m1/s1. The second-order valence-electron chi connectivity index (χ2n) is 9.72. The summed E-state index contributed by atoms with van der Waals surface area (Å²) in [6.07, 6.45) is 5.58. The van der Waals surface area contributed by atoms with Gasteiger partial charge in [-0.3, -0.25) is 9.59 Å². The van der Waals surface area contributed by atoms with Crippen molar-refractivity contribution in [2.24, 2.45) is 22.2 Å². The average molecular weight is 346 g/mol. The maximum absolute atomic E-state index is 12.6. The van der Waals surface area contributed by atoms with E-state index in [1.165, 1.54) is 0 Å². The topological polar surface area (TPSA) is 72.8 Å². The average Bonchev–Trinajstić information content (AvgIpc) is 2.97. The van der Waals surface area contributed by atoms with Crippen molar-refractivity contribution in [3.8, 4) is 0 Å². The highest BCUT2D eigenvalue weighted by molar-refractivity contribution is 5.81. The van der Waals surface area contributed by atoms with Gasteiger partial charge in [0.05, 0.1) is 17.4 Å². The van der Waals surface area contributed by atoms with Crippen LogP contribution in [0, 0.1) is 22.2 Å². The van der Waals surface area contributed by atoms with Gasteiger partial charge in [0.1, 0.15) is 12.2 Å². The van der Waals surface area contributed by atoms with E-state index in [1.54, 1.807) is 0 Å². The lowest BCUT2D eigenvalue weighted by Crippen LogP contribution is -2.65. The Kier molecular flexibility index (Phi) is 2.73. The second kappa shape index (κ2) is 4.30. The van der Waals surface area contributed by atoms with Crippen LogP contribution >= 0.6 is 0 Å². The summed E-state index contributed by atoms with van der Waals surface area (Å²) in [7, 11) is 0. The van der Waals surface area contributed by atoms with Gasteiger partial charge in [0, 0.05) is 22.3 Å². The molecule has 0 aromatic heterocycles. The van der Waals surface area contributed by atoms with Crippen molar-refractivity contribution >= 4 is 11.9 Å². The van der Waals surface area contributed by atoms with E-state index in [9.17, 15) is 14.7 Å². The first-order valence-electron chi connectivity index (χ1n) is 9.49. The van der Waals surface area contributed by atoms with Crippen molar-refractivity contribution in [2.45, 2.75) is 77.1 Å². The fourth-order valence-corrected chi connectivity index (χ4v) is 6.95. The van der Waals surface area contributed by atoms with Crippen LogP contribution in [0.3, 0.4) is 0 Å². The molecule has 2 heterocycles. The zero-order chi connectivity index (χ0) is 17.8. The lowest BCUT2D eigenvalue weighted by Gasteiger charge is -2.61. The molecule has 136 valence electrons. The molecule has 0 spiro atoms. The molecule has 0 aromatic rings. The summed E-state index contributed by atoms with van der Waals surface area (Å²) in [6.45, 7) is 6.20. The molecule has 0 aromatic carbocycles. The molecular formula is C20H26O5. The summed E-state index contributed by atoms with van der Waals surface area (Å²) >= 11 is 0. The summed E-state index contributed by atoms with van der Waals surface area (Å²) < 4.78 is 11.5. The summed E-state index contributed by atoms with van der Waals surface area (Å²) in [5, 5.41) is 11.9. The Bertz CT molecular complexity index is 728. The highest BCUT2D eigenvalue weighted by atomic mass is 16.6. The third-order valence-corrected chi connectivity index (χ3v) is 8.34. The first-order valence-corrected chi connectivity index (χ1v) is 9.49. The van der Waals surface area contributed by atoms with Gasteiger partial charge in [-0.05, 0) is 38.7 Å². The number of hydrogen-bond donors (Lipinski definition) is 1. The van der Waals surface area contributed by atoms with Crippen LogP contribution in [0.5, 0.6) is 0 Å². The number of aliphatic hydroxyl groups is 1. The maximum Gasteiger partial charge on any atom is 0.312 e. The van der Waals surface area contributed by atoms with Crippen molar-refractivity contribution in [3.05, 3.63) is 11.6 Å². The number of esters is 2. The van der Waals surface area contributed by atoms with E-state index in [4.69, 9.17) is 9.47 Å². The van der Waals surface area contributed by atoms with Crippen molar-refractivity contribution < 1.29 is 24.2 Å². The number of hydrogen-bond acceptors (Lipinski definition) is 5. The molecule has 5 aliphatic rings. The number of carbonyl (C=O) groups excluding carboxylic acids is 2. The van der Waals surface area contributed by atoms with Gasteiger partial charge in [0.25, 0.3) is 0 Å². The summed E-state index contributed by atoms with van der Waals surface area (Å²) in [4.78, 5) is 24.7. The van der Waals surface area contributed by atoms with E-state index < -0.39 is 22.5 Å². The Morgan fingerprint density at radius 3 is 2.60 bits per heavy atom. The van der Waals surface area contributed by atoms with E-state index >= 15 is 0 Å². The predicted molar refractivity (Wildman–Crippen MR) is 88.3 cm³/mol. The summed E-state index contributed by atoms with van der Waals surface area (Å²) in [6, 6.07) is 0. The van der Waals surface area contributed by atoms with Crippen LogP contribution in [-0.4, -0.2) is 34.9 Å². The highest BCUT2D eigenvalue weighted by Gasteiger charge is 2.73. The van der Waals surface area contributed by atoms with Crippen LogP contribution in [0.4, 0.5) is 0 Å². The molecule has 25 heavy (non-hydrogen) atoms. The highest BCUT2D eigenvalue weighted by Crippen LogP contribution is 2.69. The smallest absolute Gasteiger partial charge is 0.312 e. The van der Waals surface area contributed by atoms with Gasteiger partial charge in [-0.25, -0.2) is 0 Å². The minimum Gasteiger partial charge on any atom is -0.457 e. The molecule has 2 saturated carbocycles. The minimum atomic E-state index is -1.03. The van der Waals surface area contributed by atoms with Gasteiger partial charge in [0.15, 0.2) is 0 Å². The summed E-state index contributed by atoms with van der Waals surface area (Å²) in [5.74, 6) is -0.350. The number of fused-ring (bicyclic) bond motifs is 4. The third kappa shape index (κ3) is 1.60. The SMILES string of the molecule is C[C@@]12CC[C@@]3(O)C(=C[C@H]4OC(=O)[C@@]5(C)CCC[C@@]3(C)[C@@H]45)[C@H]1OC(=O)C2. The lowest BCUT2D eigenvalue weighted by atomic mass is 9.43. The van der Waals surface area contributed by atoms with E-state index in [1.807, 2.05) is 13.0 Å². The van der Waals surface area contributed by atoms with E-state index in [0.29, 0.717) is 12.8 Å². The normalized spacial score (nSPS) is 56.3. The first kappa shape index (κ1) is 15.9. The molecule has 3 aliphatic carbocycles. The quantitative estimate of drug-likeness (QED) is 0.539. The molecule has 0 unspecified atom stereocenters. The van der Waals surface area contributed by atoms with E-state index in [0.717, 1.165) is 31.3 Å². The molecule has 0 bridgehead atoms. The Morgan fingerprint density at radius 2 is 1.84 bits per heavy atom. The Labute approximate surface area is 147 Å². The first-order chi connectivity index (χ1) is 11.6. The molecule has 2 aliphatic heterocycles. The Balaban J connectivity index is 1.70. The fraction of sp³-hybridized carbons (Fsp3) is 0.800. The van der Waals surface area contributed by atoms with Crippen LogP contribution in [0.1, 0.15) is 59.3 Å². The largest absolute Gasteiger partial charge is 0.457 e. The molecule has 1 N–H and O–H groups in total. The van der Waals surface area contributed by atoms with Gasteiger partial charge in [-0.2, -0.15) is 0 Å². The van der Waals surface area contributed by atoms with Crippen molar-refractivity contribution in [2.75, 3.05) is 0 Å². The lowest BCUT2D eigenvalue weighted by molar-refractivity contribution is -0.174. The van der Waals surface area contributed by atoms with Crippen LogP contribution in [-0.2, 0) is 19.1 Å². The van der Waals surface area contributed by atoms with Crippen molar-refractivity contribution in [1.82, 2.24) is 0 Å². The number of carbonyl (C=O) groups is 2. The predicted octanol–water partition coefficient (Wildman–Crippen LogP) is 2.51.